The minimum atomic E-state index is 0.474. The van der Waals surface area contributed by atoms with Crippen molar-refractivity contribution in [3.63, 3.8) is 0 Å². The van der Waals surface area contributed by atoms with Crippen LogP contribution >= 0.6 is 0 Å². The van der Waals surface area contributed by atoms with Crippen LogP contribution in [0.2, 0.25) is 0 Å². The third-order valence-corrected chi connectivity index (χ3v) is 3.42. The van der Waals surface area contributed by atoms with E-state index in [4.69, 9.17) is 4.74 Å². The summed E-state index contributed by atoms with van der Waals surface area (Å²) in [5, 5.41) is 3.65. The summed E-state index contributed by atoms with van der Waals surface area (Å²) in [5.41, 5.74) is 1.37. The van der Waals surface area contributed by atoms with Gasteiger partial charge in [-0.05, 0) is 24.8 Å². The SMILES string of the molecule is CCCC1CC(NCc2ccccc2)CCO1. The minimum absolute atomic E-state index is 0.474. The highest BCUT2D eigenvalue weighted by Crippen LogP contribution is 2.18. The van der Waals surface area contributed by atoms with Gasteiger partial charge in [0.25, 0.3) is 0 Å². The van der Waals surface area contributed by atoms with E-state index < -0.39 is 0 Å². The maximum absolute atomic E-state index is 5.76. The number of hydrogen-bond acceptors (Lipinski definition) is 2. The van der Waals surface area contributed by atoms with Crippen LogP contribution in [0.25, 0.3) is 0 Å². The summed E-state index contributed by atoms with van der Waals surface area (Å²) in [4.78, 5) is 0. The van der Waals surface area contributed by atoms with E-state index in [2.05, 4.69) is 42.6 Å². The number of benzene rings is 1. The molecular weight excluding hydrogens is 210 g/mol. The van der Waals surface area contributed by atoms with Gasteiger partial charge in [-0.1, -0.05) is 43.7 Å². The summed E-state index contributed by atoms with van der Waals surface area (Å²) >= 11 is 0. The van der Waals surface area contributed by atoms with Gasteiger partial charge in [0, 0.05) is 19.2 Å². The summed E-state index contributed by atoms with van der Waals surface area (Å²) in [5.74, 6) is 0. The smallest absolute Gasteiger partial charge is 0.0589 e. The molecule has 1 aromatic carbocycles. The van der Waals surface area contributed by atoms with Crippen LogP contribution in [-0.4, -0.2) is 18.8 Å². The molecule has 2 rings (SSSR count). The van der Waals surface area contributed by atoms with Crippen LogP contribution in [0.1, 0.15) is 38.2 Å². The lowest BCUT2D eigenvalue weighted by Crippen LogP contribution is -2.38. The van der Waals surface area contributed by atoms with E-state index in [0.29, 0.717) is 12.1 Å². The molecule has 1 aromatic rings. The lowest BCUT2D eigenvalue weighted by atomic mass is 10.00. The fourth-order valence-corrected chi connectivity index (χ4v) is 2.45. The van der Waals surface area contributed by atoms with E-state index in [1.807, 2.05) is 0 Å². The first-order valence-electron chi connectivity index (χ1n) is 6.77. The third kappa shape index (κ3) is 4.14. The highest BCUT2D eigenvalue weighted by Gasteiger charge is 2.21. The molecule has 0 amide bonds. The first-order valence-corrected chi connectivity index (χ1v) is 6.77. The van der Waals surface area contributed by atoms with Gasteiger partial charge in [0.15, 0.2) is 0 Å². The summed E-state index contributed by atoms with van der Waals surface area (Å²) in [6, 6.07) is 11.2. The third-order valence-electron chi connectivity index (χ3n) is 3.42. The zero-order valence-electron chi connectivity index (χ0n) is 10.7. The van der Waals surface area contributed by atoms with Crippen LogP contribution in [0, 0.1) is 0 Å². The Morgan fingerprint density at radius 3 is 2.88 bits per heavy atom. The van der Waals surface area contributed by atoms with Crippen molar-refractivity contribution in [3.8, 4) is 0 Å². The monoisotopic (exact) mass is 233 g/mol. The second-order valence-corrected chi connectivity index (χ2v) is 4.87. The largest absolute Gasteiger partial charge is 0.378 e. The van der Waals surface area contributed by atoms with E-state index in [1.165, 1.54) is 24.8 Å². The molecule has 0 aromatic heterocycles. The van der Waals surface area contributed by atoms with E-state index in [0.717, 1.165) is 19.6 Å². The van der Waals surface area contributed by atoms with Crippen molar-refractivity contribution in [2.45, 2.75) is 51.3 Å². The van der Waals surface area contributed by atoms with Gasteiger partial charge >= 0.3 is 0 Å². The minimum Gasteiger partial charge on any atom is -0.378 e. The number of hydrogen-bond donors (Lipinski definition) is 1. The molecular formula is C15H23NO. The highest BCUT2D eigenvalue weighted by atomic mass is 16.5. The van der Waals surface area contributed by atoms with Crippen LogP contribution in [-0.2, 0) is 11.3 Å². The van der Waals surface area contributed by atoms with Crippen LogP contribution in [0.15, 0.2) is 30.3 Å². The van der Waals surface area contributed by atoms with Crippen molar-refractivity contribution in [3.05, 3.63) is 35.9 Å². The molecule has 1 fully saturated rings. The van der Waals surface area contributed by atoms with Crippen LogP contribution in [0.5, 0.6) is 0 Å². The molecule has 17 heavy (non-hydrogen) atoms. The van der Waals surface area contributed by atoms with Gasteiger partial charge in [-0.3, -0.25) is 0 Å². The van der Waals surface area contributed by atoms with Gasteiger partial charge in [0.1, 0.15) is 0 Å². The van der Waals surface area contributed by atoms with E-state index >= 15 is 0 Å². The topological polar surface area (TPSA) is 21.3 Å². The second-order valence-electron chi connectivity index (χ2n) is 4.87. The lowest BCUT2D eigenvalue weighted by molar-refractivity contribution is -0.00342. The summed E-state index contributed by atoms with van der Waals surface area (Å²) in [7, 11) is 0. The maximum Gasteiger partial charge on any atom is 0.0589 e. The number of rotatable bonds is 5. The van der Waals surface area contributed by atoms with Crippen molar-refractivity contribution in [2.24, 2.45) is 0 Å². The molecule has 1 aliphatic rings. The summed E-state index contributed by atoms with van der Waals surface area (Å²) in [6.45, 7) is 4.12. The zero-order chi connectivity index (χ0) is 11.9. The van der Waals surface area contributed by atoms with Gasteiger partial charge < -0.3 is 10.1 Å². The van der Waals surface area contributed by atoms with Crippen LogP contribution < -0.4 is 5.32 Å². The van der Waals surface area contributed by atoms with Crippen LogP contribution in [0.3, 0.4) is 0 Å². The molecule has 1 aliphatic heterocycles. The van der Waals surface area contributed by atoms with Gasteiger partial charge in [0.2, 0.25) is 0 Å². The van der Waals surface area contributed by atoms with Gasteiger partial charge in [-0.2, -0.15) is 0 Å². The Hall–Kier alpha value is -0.860. The summed E-state index contributed by atoms with van der Waals surface area (Å²) in [6.07, 6.45) is 5.20. The van der Waals surface area contributed by atoms with Crippen molar-refractivity contribution >= 4 is 0 Å². The van der Waals surface area contributed by atoms with Crippen molar-refractivity contribution in [1.29, 1.82) is 0 Å². The second kappa shape index (κ2) is 6.77. The average Bonchev–Trinajstić information content (AvgIpc) is 2.39. The first-order chi connectivity index (χ1) is 8.38. The molecule has 2 unspecified atom stereocenters. The van der Waals surface area contributed by atoms with Gasteiger partial charge in [0.05, 0.1) is 6.10 Å². The molecule has 0 bridgehead atoms. The number of nitrogens with one attached hydrogen (secondary N) is 1. The molecule has 0 saturated carbocycles. The quantitative estimate of drug-likeness (QED) is 0.843. The Bertz CT molecular complexity index is 310. The Kier molecular flexibility index (Phi) is 5.02. The molecule has 0 radical (unpaired) electrons. The maximum atomic E-state index is 5.76. The standard InChI is InChI=1S/C15H23NO/c1-2-6-15-11-14(9-10-17-15)16-12-13-7-4-3-5-8-13/h3-5,7-8,14-16H,2,6,9-12H2,1H3. The van der Waals surface area contributed by atoms with Crippen molar-refractivity contribution in [1.82, 2.24) is 5.32 Å². The van der Waals surface area contributed by atoms with E-state index in [9.17, 15) is 0 Å². The molecule has 94 valence electrons. The van der Waals surface area contributed by atoms with Gasteiger partial charge in [-0.15, -0.1) is 0 Å². The zero-order valence-corrected chi connectivity index (χ0v) is 10.7. The van der Waals surface area contributed by atoms with Crippen molar-refractivity contribution < 1.29 is 4.74 Å². The predicted molar refractivity (Wildman–Crippen MR) is 71.0 cm³/mol. The fourth-order valence-electron chi connectivity index (χ4n) is 2.45. The molecule has 2 heteroatoms. The Morgan fingerprint density at radius 1 is 1.29 bits per heavy atom. The van der Waals surface area contributed by atoms with Gasteiger partial charge in [-0.25, -0.2) is 0 Å². The average molecular weight is 233 g/mol. The number of ether oxygens (including phenoxy) is 1. The lowest BCUT2D eigenvalue weighted by Gasteiger charge is -2.30. The Morgan fingerprint density at radius 2 is 2.12 bits per heavy atom. The predicted octanol–water partition coefficient (Wildman–Crippen LogP) is 3.12. The van der Waals surface area contributed by atoms with Crippen LogP contribution in [0.4, 0.5) is 0 Å². The fraction of sp³-hybridized carbons (Fsp3) is 0.600. The molecule has 0 aliphatic carbocycles. The molecule has 2 nitrogen and oxygen atoms in total. The van der Waals surface area contributed by atoms with E-state index in [-0.39, 0.29) is 0 Å². The molecule has 0 spiro atoms. The summed E-state index contributed by atoms with van der Waals surface area (Å²) < 4.78 is 5.76. The molecule has 1 heterocycles. The molecule has 2 atom stereocenters. The first kappa shape index (κ1) is 12.6. The molecule has 1 saturated heterocycles. The Labute approximate surface area is 104 Å². The van der Waals surface area contributed by atoms with Crippen molar-refractivity contribution in [2.75, 3.05) is 6.61 Å². The Balaban J connectivity index is 1.75. The molecule has 1 N–H and O–H groups in total. The highest BCUT2D eigenvalue weighted by molar-refractivity contribution is 5.14. The van der Waals surface area contributed by atoms with E-state index in [1.54, 1.807) is 0 Å². The normalized spacial score (nSPS) is 24.8.